The minimum Gasteiger partial charge on any atom is -0.486 e. The van der Waals surface area contributed by atoms with E-state index in [2.05, 4.69) is 10.2 Å². The van der Waals surface area contributed by atoms with E-state index in [1.165, 1.54) is 12.2 Å². The molecular weight excluding hydrogens is 418 g/mol. The maximum absolute atomic E-state index is 12.9. The molecule has 160 valence electrons. The fourth-order valence-electron chi connectivity index (χ4n) is 4.13. The molecule has 2 heterocycles. The number of Topliss-reactive ketones (excluding diaryl/α,β-unsaturated/α-hetero) is 1. The second-order valence-electron chi connectivity index (χ2n) is 7.91. The largest absolute Gasteiger partial charge is 0.486 e. The minimum absolute atomic E-state index is 0.0371. The minimum atomic E-state index is -0.627. The third kappa shape index (κ3) is 4.84. The summed E-state index contributed by atoms with van der Waals surface area (Å²) in [4.78, 5) is 36.6. The molecular formula is C23H22ClN3O4. The van der Waals surface area contributed by atoms with E-state index in [0.29, 0.717) is 23.3 Å². The van der Waals surface area contributed by atoms with Crippen LogP contribution in [0.1, 0.15) is 40.7 Å². The molecule has 2 aromatic rings. The summed E-state index contributed by atoms with van der Waals surface area (Å²) >= 11 is 6.29. The number of nitrogens with one attached hydrogen (secondary N) is 1. The first kappa shape index (κ1) is 21.2. The average Bonchev–Trinajstić information content (AvgIpc) is 2.76. The zero-order chi connectivity index (χ0) is 21.8. The Labute approximate surface area is 185 Å². The number of benzene rings is 2. The third-order valence-corrected chi connectivity index (χ3v) is 6.18. The summed E-state index contributed by atoms with van der Waals surface area (Å²) in [5.41, 5.74) is 3.59. The van der Waals surface area contributed by atoms with Crippen LogP contribution in [-0.4, -0.2) is 35.3 Å². The molecule has 0 atom stereocenters. The van der Waals surface area contributed by atoms with E-state index in [4.69, 9.17) is 16.3 Å². The van der Waals surface area contributed by atoms with E-state index in [1.807, 2.05) is 24.3 Å². The number of hydrogen-bond acceptors (Lipinski definition) is 6. The Balaban J connectivity index is 1.42. The van der Waals surface area contributed by atoms with Gasteiger partial charge in [-0.1, -0.05) is 35.9 Å². The number of ether oxygens (including phenoxy) is 1. The van der Waals surface area contributed by atoms with Gasteiger partial charge in [0, 0.05) is 43.6 Å². The number of carbonyl (C=O) groups excluding carboxylic acids is 2. The quantitative estimate of drug-likeness (QED) is 0.429. The summed E-state index contributed by atoms with van der Waals surface area (Å²) in [5, 5.41) is 3.10. The summed E-state index contributed by atoms with van der Waals surface area (Å²) in [6.45, 7) is 2.44. The van der Waals surface area contributed by atoms with E-state index < -0.39 is 11.5 Å². The van der Waals surface area contributed by atoms with Gasteiger partial charge in [0.05, 0.1) is 17.3 Å². The molecule has 2 aliphatic rings. The van der Waals surface area contributed by atoms with Gasteiger partial charge in [0.1, 0.15) is 11.4 Å². The Morgan fingerprint density at radius 2 is 2.00 bits per heavy atom. The highest BCUT2D eigenvalue weighted by Crippen LogP contribution is 2.40. The van der Waals surface area contributed by atoms with Crippen LogP contribution in [0.5, 0.6) is 5.75 Å². The number of piperidine rings is 1. The van der Waals surface area contributed by atoms with Crippen molar-refractivity contribution in [3.8, 4) is 5.75 Å². The van der Waals surface area contributed by atoms with E-state index in [9.17, 15) is 14.5 Å². The number of halogens is 1. The molecule has 0 saturated carbocycles. The van der Waals surface area contributed by atoms with Crippen molar-refractivity contribution in [1.82, 2.24) is 10.3 Å². The molecule has 31 heavy (non-hydrogen) atoms. The van der Waals surface area contributed by atoms with Gasteiger partial charge in [-0.3, -0.25) is 14.5 Å². The van der Waals surface area contributed by atoms with Crippen molar-refractivity contribution in [3.63, 3.8) is 0 Å². The van der Waals surface area contributed by atoms with Gasteiger partial charge in [-0.05, 0) is 35.4 Å². The lowest BCUT2D eigenvalue weighted by molar-refractivity contribution is -0.116. The lowest BCUT2D eigenvalue weighted by Crippen LogP contribution is -2.50. The first-order chi connectivity index (χ1) is 15.0. The van der Waals surface area contributed by atoms with Crippen molar-refractivity contribution in [2.75, 3.05) is 13.1 Å². The number of amides is 1. The Kier molecular flexibility index (Phi) is 6.15. The molecule has 0 radical (unpaired) electrons. The van der Waals surface area contributed by atoms with Gasteiger partial charge in [-0.2, -0.15) is 0 Å². The molecule has 2 aliphatic heterocycles. The van der Waals surface area contributed by atoms with Gasteiger partial charge >= 0.3 is 0 Å². The molecule has 8 heteroatoms. The van der Waals surface area contributed by atoms with Crippen LogP contribution >= 0.6 is 11.6 Å². The van der Waals surface area contributed by atoms with Gasteiger partial charge in [0.25, 0.3) is 5.91 Å². The number of nitrogens with zero attached hydrogens (tertiary/aromatic N) is 2. The molecule has 2 aromatic carbocycles. The normalized spacial score (nSPS) is 17.9. The summed E-state index contributed by atoms with van der Waals surface area (Å²) in [5.74, 6) is -0.0140. The topological polar surface area (TPSA) is 88.1 Å². The van der Waals surface area contributed by atoms with E-state index in [0.717, 1.165) is 43.1 Å². The third-order valence-electron chi connectivity index (χ3n) is 5.82. The fraction of sp³-hybridized carbons (Fsp3) is 0.304. The number of fused-ring (bicyclic) bond motifs is 1. The lowest BCUT2D eigenvalue weighted by atomic mass is 9.82. The first-order valence-corrected chi connectivity index (χ1v) is 10.5. The SMILES string of the molecule is O=NNC(=O)/C=C/c1ccc2c(c1)C(=O)CC1(CCN(Cc3ccccc3Cl)CC1)O2. The van der Waals surface area contributed by atoms with Crippen molar-refractivity contribution in [3.05, 3.63) is 75.2 Å². The Bertz CT molecular complexity index is 1040. The van der Waals surface area contributed by atoms with Crippen LogP contribution in [-0.2, 0) is 11.3 Å². The maximum Gasteiger partial charge on any atom is 0.266 e. The van der Waals surface area contributed by atoms with Gasteiger partial charge in [-0.15, -0.1) is 4.91 Å². The summed E-state index contributed by atoms with van der Waals surface area (Å²) < 4.78 is 6.34. The second-order valence-corrected chi connectivity index (χ2v) is 8.32. The molecule has 1 N–H and O–H groups in total. The van der Waals surface area contributed by atoms with Crippen molar-refractivity contribution < 1.29 is 14.3 Å². The van der Waals surface area contributed by atoms with Crippen molar-refractivity contribution in [2.24, 2.45) is 5.29 Å². The molecule has 0 aromatic heterocycles. The van der Waals surface area contributed by atoms with Crippen molar-refractivity contribution >= 4 is 29.4 Å². The van der Waals surface area contributed by atoms with Crippen LogP contribution in [0.3, 0.4) is 0 Å². The molecule has 1 amide bonds. The predicted octanol–water partition coefficient (Wildman–Crippen LogP) is 4.15. The van der Waals surface area contributed by atoms with E-state index in [1.54, 1.807) is 23.6 Å². The van der Waals surface area contributed by atoms with E-state index in [-0.39, 0.29) is 5.78 Å². The first-order valence-electron chi connectivity index (χ1n) is 10.1. The van der Waals surface area contributed by atoms with Crippen LogP contribution < -0.4 is 10.2 Å². The molecule has 4 rings (SSSR count). The van der Waals surface area contributed by atoms with Gasteiger partial charge in [-0.25, -0.2) is 5.43 Å². The number of hydrogen-bond donors (Lipinski definition) is 1. The van der Waals surface area contributed by atoms with Gasteiger partial charge < -0.3 is 4.74 Å². The highest BCUT2D eigenvalue weighted by atomic mass is 35.5. The molecule has 7 nitrogen and oxygen atoms in total. The van der Waals surface area contributed by atoms with Crippen LogP contribution in [0.2, 0.25) is 5.02 Å². The van der Waals surface area contributed by atoms with Crippen LogP contribution in [0.4, 0.5) is 0 Å². The standard InChI is InChI=1S/C23H22ClN3O4/c24-19-4-2-1-3-17(19)15-27-11-9-23(10-12-27)14-20(28)18-13-16(5-7-21(18)31-23)6-8-22(29)25-26-30/h1-8,13H,9-12,14-15H2,(H,25,29,30)/b8-6+. The Morgan fingerprint density at radius 1 is 1.23 bits per heavy atom. The molecule has 0 bridgehead atoms. The number of nitroso groups, excluding NO2 is 1. The zero-order valence-corrected chi connectivity index (χ0v) is 17.6. The zero-order valence-electron chi connectivity index (χ0n) is 16.8. The van der Waals surface area contributed by atoms with Crippen LogP contribution in [0, 0.1) is 4.91 Å². The lowest BCUT2D eigenvalue weighted by Gasteiger charge is -2.44. The molecule has 1 spiro atoms. The fourth-order valence-corrected chi connectivity index (χ4v) is 4.33. The molecule has 0 unspecified atom stereocenters. The second kappa shape index (κ2) is 8.99. The van der Waals surface area contributed by atoms with Crippen LogP contribution in [0.25, 0.3) is 6.08 Å². The Hall–Kier alpha value is -3.03. The molecule has 1 saturated heterocycles. The number of likely N-dealkylation sites (tertiary alicyclic amines) is 1. The van der Waals surface area contributed by atoms with Gasteiger partial charge in [0.2, 0.25) is 0 Å². The average molecular weight is 440 g/mol. The molecule has 1 fully saturated rings. The molecule has 0 aliphatic carbocycles. The van der Waals surface area contributed by atoms with E-state index >= 15 is 0 Å². The monoisotopic (exact) mass is 439 g/mol. The smallest absolute Gasteiger partial charge is 0.266 e. The van der Waals surface area contributed by atoms with Gasteiger partial charge in [0.15, 0.2) is 5.78 Å². The maximum atomic E-state index is 12.9. The Morgan fingerprint density at radius 3 is 2.74 bits per heavy atom. The summed E-state index contributed by atoms with van der Waals surface area (Å²) in [6, 6.07) is 13.1. The number of carbonyl (C=O) groups is 2. The van der Waals surface area contributed by atoms with Crippen molar-refractivity contribution in [1.29, 1.82) is 0 Å². The van der Waals surface area contributed by atoms with Crippen molar-refractivity contribution in [2.45, 2.75) is 31.4 Å². The predicted molar refractivity (Wildman–Crippen MR) is 118 cm³/mol. The highest BCUT2D eigenvalue weighted by molar-refractivity contribution is 6.31. The summed E-state index contributed by atoms with van der Waals surface area (Å²) in [7, 11) is 0. The number of ketones is 1. The summed E-state index contributed by atoms with van der Waals surface area (Å²) in [6.07, 6.45) is 4.58. The van der Waals surface area contributed by atoms with Crippen LogP contribution in [0.15, 0.2) is 53.8 Å². The number of rotatable bonds is 5. The highest BCUT2D eigenvalue weighted by Gasteiger charge is 2.42.